The Labute approximate surface area is 93.9 Å². The van der Waals surface area contributed by atoms with Gasteiger partial charge < -0.3 is 9.84 Å². The normalized spacial score (nSPS) is 11.8. The average molecular weight is 219 g/mol. The van der Waals surface area contributed by atoms with E-state index in [9.17, 15) is 4.79 Å². The quantitative estimate of drug-likeness (QED) is 0.469. The molecule has 0 fully saturated rings. The predicted octanol–water partition coefficient (Wildman–Crippen LogP) is 1.15. The molecule has 1 aromatic carbocycles. The van der Waals surface area contributed by atoms with Gasteiger partial charge in [-0.25, -0.2) is 4.79 Å². The van der Waals surface area contributed by atoms with Gasteiger partial charge in [-0.1, -0.05) is 30.3 Å². The fraction of sp³-hybridized carbons (Fsp3) is 0.167. The molecule has 16 heavy (non-hydrogen) atoms. The van der Waals surface area contributed by atoms with E-state index in [0.717, 1.165) is 11.6 Å². The first-order valence-electron chi connectivity index (χ1n) is 4.74. The first-order chi connectivity index (χ1) is 7.76. The molecule has 1 rings (SSSR count). The molecule has 0 bridgehead atoms. The minimum absolute atomic E-state index is 0.260. The highest BCUT2D eigenvalue weighted by Crippen LogP contribution is 1.99. The van der Waals surface area contributed by atoms with Crippen LogP contribution in [0.15, 0.2) is 47.1 Å². The van der Waals surface area contributed by atoms with Crippen molar-refractivity contribution in [2.75, 3.05) is 13.7 Å². The smallest absolute Gasteiger partial charge is 0.332 e. The highest BCUT2D eigenvalue weighted by atomic mass is 16.5. The molecule has 0 heterocycles. The maximum atomic E-state index is 10.9. The third kappa shape index (κ3) is 4.06. The van der Waals surface area contributed by atoms with Crippen molar-refractivity contribution in [3.05, 3.63) is 47.7 Å². The van der Waals surface area contributed by atoms with Crippen molar-refractivity contribution in [3.63, 3.8) is 0 Å². The SMILES string of the molecule is COC(=O)C=C(CO)N=Cc1ccccc1. The second kappa shape index (κ2) is 6.53. The molecule has 4 heteroatoms. The molecule has 0 aliphatic rings. The summed E-state index contributed by atoms with van der Waals surface area (Å²) in [6.45, 7) is -0.307. The lowest BCUT2D eigenvalue weighted by Crippen LogP contribution is -1.99. The number of nitrogens with zero attached hydrogens (tertiary/aromatic N) is 1. The molecule has 0 aromatic heterocycles. The number of methoxy groups -OCH3 is 1. The van der Waals surface area contributed by atoms with Crippen molar-refractivity contribution in [2.24, 2.45) is 4.99 Å². The summed E-state index contributed by atoms with van der Waals surface area (Å²) < 4.78 is 4.43. The summed E-state index contributed by atoms with van der Waals surface area (Å²) in [6.07, 6.45) is 2.73. The summed E-state index contributed by atoms with van der Waals surface area (Å²) >= 11 is 0. The van der Waals surface area contributed by atoms with E-state index in [1.165, 1.54) is 7.11 Å². The maximum Gasteiger partial charge on any atom is 0.332 e. The molecule has 0 atom stereocenters. The summed E-state index contributed by atoms with van der Waals surface area (Å²) in [5.41, 5.74) is 1.16. The van der Waals surface area contributed by atoms with Gasteiger partial charge in [-0.15, -0.1) is 0 Å². The fourth-order valence-corrected chi connectivity index (χ4v) is 1.02. The van der Waals surface area contributed by atoms with Crippen molar-refractivity contribution < 1.29 is 14.6 Å². The lowest BCUT2D eigenvalue weighted by atomic mass is 10.2. The van der Waals surface area contributed by atoms with Crippen LogP contribution >= 0.6 is 0 Å². The van der Waals surface area contributed by atoms with E-state index in [1.807, 2.05) is 30.3 Å². The third-order valence-electron chi connectivity index (χ3n) is 1.83. The zero-order valence-corrected chi connectivity index (χ0v) is 8.96. The van der Waals surface area contributed by atoms with E-state index in [1.54, 1.807) is 6.21 Å². The topological polar surface area (TPSA) is 58.9 Å². The van der Waals surface area contributed by atoms with Gasteiger partial charge in [0.1, 0.15) is 0 Å². The highest BCUT2D eigenvalue weighted by molar-refractivity contribution is 5.84. The highest BCUT2D eigenvalue weighted by Gasteiger charge is 1.98. The van der Waals surface area contributed by atoms with Crippen LogP contribution in [0.25, 0.3) is 0 Å². The van der Waals surface area contributed by atoms with Gasteiger partial charge >= 0.3 is 5.97 Å². The van der Waals surface area contributed by atoms with Crippen LogP contribution in [0.4, 0.5) is 0 Å². The summed E-state index contributed by atoms with van der Waals surface area (Å²) in [7, 11) is 1.27. The van der Waals surface area contributed by atoms with Gasteiger partial charge in [-0.05, 0) is 5.56 Å². The van der Waals surface area contributed by atoms with E-state index in [0.29, 0.717) is 0 Å². The van der Waals surface area contributed by atoms with Crippen LogP contribution in [0.1, 0.15) is 5.56 Å². The van der Waals surface area contributed by atoms with E-state index in [2.05, 4.69) is 9.73 Å². The first-order valence-corrected chi connectivity index (χ1v) is 4.74. The summed E-state index contributed by atoms with van der Waals surface area (Å²) in [6, 6.07) is 9.40. The Morgan fingerprint density at radius 3 is 2.69 bits per heavy atom. The van der Waals surface area contributed by atoms with Crippen LogP contribution < -0.4 is 0 Å². The molecular formula is C12H13NO3. The molecule has 4 nitrogen and oxygen atoms in total. The van der Waals surface area contributed by atoms with Crippen LogP contribution in [0.3, 0.4) is 0 Å². The molecule has 0 aliphatic carbocycles. The van der Waals surface area contributed by atoms with Gasteiger partial charge in [-0.3, -0.25) is 4.99 Å². The number of carbonyl (C=O) groups is 1. The third-order valence-corrected chi connectivity index (χ3v) is 1.83. The van der Waals surface area contributed by atoms with Crippen LogP contribution in [-0.4, -0.2) is 31.0 Å². The molecular weight excluding hydrogens is 206 g/mol. The van der Waals surface area contributed by atoms with Gasteiger partial charge in [0, 0.05) is 12.3 Å². The molecule has 0 saturated carbocycles. The summed E-state index contributed by atoms with van der Waals surface area (Å²) in [4.78, 5) is 14.9. The van der Waals surface area contributed by atoms with Crippen LogP contribution in [0.5, 0.6) is 0 Å². The number of esters is 1. The standard InChI is InChI=1S/C12H13NO3/c1-16-12(15)7-11(9-14)13-8-10-5-3-2-4-6-10/h2-8,14H,9H2,1H3. The lowest BCUT2D eigenvalue weighted by Gasteiger charge is -1.96. The number of carbonyl (C=O) groups excluding carboxylic acids is 1. The molecule has 1 N–H and O–H groups in total. The number of benzene rings is 1. The Bertz CT molecular complexity index is 396. The molecule has 0 amide bonds. The number of aliphatic hydroxyl groups is 1. The van der Waals surface area contributed by atoms with E-state index in [-0.39, 0.29) is 12.3 Å². The summed E-state index contributed by atoms with van der Waals surface area (Å²) in [5, 5.41) is 8.96. The number of aliphatic hydroxyl groups excluding tert-OH is 1. The number of ether oxygens (including phenoxy) is 1. The van der Waals surface area contributed by atoms with Crippen LogP contribution in [-0.2, 0) is 9.53 Å². The van der Waals surface area contributed by atoms with E-state index in [4.69, 9.17) is 5.11 Å². The zero-order chi connectivity index (χ0) is 11.8. The van der Waals surface area contributed by atoms with Crippen molar-refractivity contribution in [1.82, 2.24) is 0 Å². The fourth-order valence-electron chi connectivity index (χ4n) is 1.02. The van der Waals surface area contributed by atoms with Crippen LogP contribution in [0, 0.1) is 0 Å². The number of hydrogen-bond acceptors (Lipinski definition) is 4. The Morgan fingerprint density at radius 1 is 1.44 bits per heavy atom. The largest absolute Gasteiger partial charge is 0.466 e. The molecule has 1 aromatic rings. The molecule has 0 unspecified atom stereocenters. The van der Waals surface area contributed by atoms with Gasteiger partial charge in [0.05, 0.1) is 19.4 Å². The number of rotatable bonds is 4. The molecule has 0 aliphatic heterocycles. The molecule has 0 radical (unpaired) electrons. The molecule has 0 saturated heterocycles. The minimum atomic E-state index is -0.533. The van der Waals surface area contributed by atoms with E-state index < -0.39 is 5.97 Å². The minimum Gasteiger partial charge on any atom is -0.466 e. The van der Waals surface area contributed by atoms with Crippen molar-refractivity contribution in [1.29, 1.82) is 0 Å². The molecule has 0 spiro atoms. The Balaban J connectivity index is 2.74. The Morgan fingerprint density at radius 2 is 2.12 bits per heavy atom. The summed E-state index contributed by atoms with van der Waals surface area (Å²) in [5.74, 6) is -0.533. The van der Waals surface area contributed by atoms with Crippen molar-refractivity contribution in [3.8, 4) is 0 Å². The predicted molar refractivity (Wildman–Crippen MR) is 61.2 cm³/mol. The average Bonchev–Trinajstić information content (AvgIpc) is 2.35. The second-order valence-electron chi connectivity index (χ2n) is 2.99. The zero-order valence-electron chi connectivity index (χ0n) is 8.96. The number of aliphatic imine (C=N–C) groups is 1. The monoisotopic (exact) mass is 219 g/mol. The van der Waals surface area contributed by atoms with Crippen LogP contribution in [0.2, 0.25) is 0 Å². The maximum absolute atomic E-state index is 10.9. The van der Waals surface area contributed by atoms with Gasteiger partial charge in [0.15, 0.2) is 0 Å². The Hall–Kier alpha value is -1.94. The van der Waals surface area contributed by atoms with Gasteiger partial charge in [0.2, 0.25) is 0 Å². The van der Waals surface area contributed by atoms with E-state index >= 15 is 0 Å². The first kappa shape index (κ1) is 12.1. The Kier molecular flexibility index (Phi) is 4.95. The lowest BCUT2D eigenvalue weighted by molar-refractivity contribution is -0.134. The second-order valence-corrected chi connectivity index (χ2v) is 2.99. The van der Waals surface area contributed by atoms with Gasteiger partial charge in [-0.2, -0.15) is 0 Å². The van der Waals surface area contributed by atoms with Crippen molar-refractivity contribution >= 4 is 12.2 Å². The van der Waals surface area contributed by atoms with Gasteiger partial charge in [0.25, 0.3) is 0 Å². The number of hydrogen-bond donors (Lipinski definition) is 1. The molecule has 84 valence electrons. The van der Waals surface area contributed by atoms with Crippen molar-refractivity contribution in [2.45, 2.75) is 0 Å².